The number of hydrogen-bond acceptors (Lipinski definition) is 3. The molecule has 2 heterocycles. The molecular formula is C35H34N4. The van der Waals surface area contributed by atoms with Crippen LogP contribution in [0.2, 0.25) is 0 Å². The largest absolute Gasteiger partial charge is 0.325 e. The van der Waals surface area contributed by atoms with Gasteiger partial charge in [0.2, 0.25) is 5.95 Å². The fourth-order valence-corrected chi connectivity index (χ4v) is 8.18. The van der Waals surface area contributed by atoms with E-state index in [4.69, 9.17) is 10.1 Å². The molecule has 2 fully saturated rings. The summed E-state index contributed by atoms with van der Waals surface area (Å²) in [5.41, 5.74) is 8.94. The Bertz CT molecular complexity index is 1590. The van der Waals surface area contributed by atoms with Crippen molar-refractivity contribution in [3.63, 3.8) is 0 Å². The molecule has 4 nitrogen and oxygen atoms in total. The lowest BCUT2D eigenvalue weighted by Gasteiger charge is -2.34. The Morgan fingerprint density at radius 3 is 2.59 bits per heavy atom. The van der Waals surface area contributed by atoms with Gasteiger partial charge >= 0.3 is 0 Å². The van der Waals surface area contributed by atoms with Crippen LogP contribution in [0.1, 0.15) is 33.1 Å². The first-order valence-corrected chi connectivity index (χ1v) is 14.4. The quantitative estimate of drug-likeness (QED) is 0.467. The third-order valence-electron chi connectivity index (χ3n) is 9.88. The molecule has 1 N–H and O–H groups in total. The monoisotopic (exact) mass is 510 g/mol. The van der Waals surface area contributed by atoms with Crippen LogP contribution < -0.4 is 4.90 Å². The molecule has 39 heavy (non-hydrogen) atoms. The maximum Gasteiger partial charge on any atom is 0.246 e. The molecule has 0 amide bonds. The number of nitrogens with one attached hydrogen (secondary N) is 1. The zero-order chi connectivity index (χ0) is 26.1. The number of aromatic amines is 1. The summed E-state index contributed by atoms with van der Waals surface area (Å²) in [6, 6.07) is 10.8. The van der Waals surface area contributed by atoms with Crippen molar-refractivity contribution >= 4 is 5.95 Å². The SMILES string of the molecule is CC1(C)C2=C(C3=CC=C4C5C=CC=CC5N(c5n[nH]c(-c6ccccc6)n5)C4C3)CCC=C2C2C=CC=CC21. The minimum Gasteiger partial charge on any atom is -0.325 e. The molecule has 1 saturated heterocycles. The highest BCUT2D eigenvalue weighted by Crippen LogP contribution is 2.60. The maximum atomic E-state index is 5.03. The van der Waals surface area contributed by atoms with Crippen molar-refractivity contribution < 1.29 is 0 Å². The van der Waals surface area contributed by atoms with Gasteiger partial charge in [-0.05, 0) is 58.5 Å². The number of anilines is 1. The Morgan fingerprint density at radius 1 is 0.923 bits per heavy atom. The molecule has 8 rings (SSSR count). The van der Waals surface area contributed by atoms with E-state index in [1.54, 1.807) is 16.7 Å². The zero-order valence-electron chi connectivity index (χ0n) is 22.6. The summed E-state index contributed by atoms with van der Waals surface area (Å²) in [6.45, 7) is 4.93. The van der Waals surface area contributed by atoms with Gasteiger partial charge in [0, 0.05) is 17.4 Å². The summed E-state index contributed by atoms with van der Waals surface area (Å²) in [6.07, 6.45) is 29.1. The predicted molar refractivity (Wildman–Crippen MR) is 158 cm³/mol. The van der Waals surface area contributed by atoms with Gasteiger partial charge in [-0.15, -0.1) is 5.10 Å². The van der Waals surface area contributed by atoms with Crippen LogP contribution in [0.3, 0.4) is 0 Å². The van der Waals surface area contributed by atoms with Gasteiger partial charge in [-0.25, -0.2) is 0 Å². The normalized spacial score (nSPS) is 31.4. The van der Waals surface area contributed by atoms with Gasteiger partial charge in [-0.2, -0.15) is 4.98 Å². The van der Waals surface area contributed by atoms with Crippen molar-refractivity contribution in [1.82, 2.24) is 15.2 Å². The molecule has 5 atom stereocenters. The van der Waals surface area contributed by atoms with Crippen LogP contribution in [0.25, 0.3) is 11.4 Å². The summed E-state index contributed by atoms with van der Waals surface area (Å²) in [5.74, 6) is 3.03. The Hall–Kier alpha value is -3.92. The molecule has 1 aromatic heterocycles. The third kappa shape index (κ3) is 3.37. The van der Waals surface area contributed by atoms with Gasteiger partial charge in [0.1, 0.15) is 0 Å². The second-order valence-corrected chi connectivity index (χ2v) is 12.2. The summed E-state index contributed by atoms with van der Waals surface area (Å²) in [4.78, 5) is 7.50. The van der Waals surface area contributed by atoms with Crippen molar-refractivity contribution in [2.75, 3.05) is 4.90 Å². The van der Waals surface area contributed by atoms with Crippen LogP contribution in [0.5, 0.6) is 0 Å². The molecule has 5 unspecified atom stereocenters. The Kier molecular flexibility index (Phi) is 5.04. The van der Waals surface area contributed by atoms with Crippen LogP contribution in [-0.4, -0.2) is 27.3 Å². The van der Waals surface area contributed by atoms with E-state index in [2.05, 4.69) is 103 Å². The van der Waals surface area contributed by atoms with Gasteiger partial charge in [0.15, 0.2) is 5.82 Å². The minimum atomic E-state index is 0.126. The van der Waals surface area contributed by atoms with Gasteiger partial charge in [0.25, 0.3) is 0 Å². The molecule has 6 aliphatic rings. The second-order valence-electron chi connectivity index (χ2n) is 12.2. The number of allylic oxidation sites excluding steroid dienone is 12. The first-order chi connectivity index (χ1) is 19.1. The van der Waals surface area contributed by atoms with E-state index in [1.807, 2.05) is 18.2 Å². The molecular weight excluding hydrogens is 476 g/mol. The molecule has 0 spiro atoms. The average Bonchev–Trinajstić information content (AvgIpc) is 3.65. The fourth-order valence-electron chi connectivity index (χ4n) is 8.18. The molecule has 1 saturated carbocycles. The first-order valence-electron chi connectivity index (χ1n) is 14.4. The smallest absolute Gasteiger partial charge is 0.246 e. The highest BCUT2D eigenvalue weighted by Gasteiger charge is 2.50. The van der Waals surface area contributed by atoms with E-state index >= 15 is 0 Å². The van der Waals surface area contributed by atoms with E-state index in [9.17, 15) is 0 Å². The third-order valence-corrected chi connectivity index (χ3v) is 9.88. The Labute approximate surface area is 230 Å². The molecule has 2 aromatic rings. The Morgan fingerprint density at radius 2 is 1.72 bits per heavy atom. The average molecular weight is 511 g/mol. The number of fused-ring (bicyclic) bond motifs is 6. The van der Waals surface area contributed by atoms with Crippen molar-refractivity contribution in [2.24, 2.45) is 23.2 Å². The first kappa shape index (κ1) is 23.0. The lowest BCUT2D eigenvalue weighted by molar-refractivity contribution is 0.332. The number of H-pyrrole nitrogens is 1. The molecule has 1 aliphatic heterocycles. The number of aromatic nitrogens is 3. The summed E-state index contributed by atoms with van der Waals surface area (Å²) < 4.78 is 0. The van der Waals surface area contributed by atoms with E-state index in [-0.39, 0.29) is 17.5 Å². The molecule has 1 aromatic carbocycles. The van der Waals surface area contributed by atoms with Crippen molar-refractivity contribution in [3.8, 4) is 11.4 Å². The summed E-state index contributed by atoms with van der Waals surface area (Å²) in [7, 11) is 0. The zero-order valence-corrected chi connectivity index (χ0v) is 22.6. The van der Waals surface area contributed by atoms with Crippen molar-refractivity contribution in [2.45, 2.75) is 45.2 Å². The minimum absolute atomic E-state index is 0.126. The number of hydrogen-bond donors (Lipinski definition) is 1. The topological polar surface area (TPSA) is 44.8 Å². The van der Waals surface area contributed by atoms with Gasteiger partial charge in [-0.1, -0.05) is 111 Å². The predicted octanol–water partition coefficient (Wildman–Crippen LogP) is 7.44. The van der Waals surface area contributed by atoms with E-state index in [0.29, 0.717) is 17.8 Å². The van der Waals surface area contributed by atoms with Crippen LogP contribution in [-0.2, 0) is 0 Å². The van der Waals surface area contributed by atoms with Gasteiger partial charge < -0.3 is 4.90 Å². The van der Waals surface area contributed by atoms with Gasteiger partial charge in [-0.3, -0.25) is 5.10 Å². The number of nitrogens with zero attached hydrogens (tertiary/aromatic N) is 3. The molecule has 0 radical (unpaired) electrons. The van der Waals surface area contributed by atoms with Crippen LogP contribution in [0.4, 0.5) is 5.95 Å². The molecule has 0 bridgehead atoms. The highest BCUT2D eigenvalue weighted by atomic mass is 15.4. The van der Waals surface area contributed by atoms with E-state index in [1.165, 1.54) is 11.1 Å². The molecule has 5 aliphatic carbocycles. The molecule has 194 valence electrons. The fraction of sp³-hybridized carbons (Fsp3) is 0.314. The maximum absolute atomic E-state index is 5.03. The summed E-state index contributed by atoms with van der Waals surface area (Å²) in [5, 5.41) is 7.99. The lowest BCUT2D eigenvalue weighted by atomic mass is 9.72. The Balaban J connectivity index is 1.20. The van der Waals surface area contributed by atoms with E-state index < -0.39 is 0 Å². The highest BCUT2D eigenvalue weighted by molar-refractivity contribution is 5.63. The van der Waals surface area contributed by atoms with Crippen LogP contribution in [0.15, 0.2) is 125 Å². The van der Waals surface area contributed by atoms with Gasteiger partial charge in [0.05, 0.1) is 12.1 Å². The summed E-state index contributed by atoms with van der Waals surface area (Å²) >= 11 is 0. The second kappa shape index (κ2) is 8.54. The molecule has 4 heteroatoms. The number of rotatable bonds is 3. The number of benzene rings is 1. The van der Waals surface area contributed by atoms with Crippen LogP contribution >= 0.6 is 0 Å². The standard InChI is InChI=1S/C35H34N4/c1-35(2)29-17-8-6-13-25(29)28-16-10-15-24(32(28)35)23-19-20-27-26-14-7-9-18-30(26)39(31(27)21-23)34-36-33(37-38-34)22-11-4-3-5-12-22/h3-9,11-14,16-20,25-26,29-31H,10,15,21H2,1-2H3,(H,36,37,38). The van der Waals surface area contributed by atoms with Crippen molar-refractivity contribution in [3.05, 3.63) is 125 Å². The van der Waals surface area contributed by atoms with Crippen molar-refractivity contribution in [1.29, 1.82) is 0 Å². The lowest BCUT2D eigenvalue weighted by Crippen LogP contribution is -2.38. The van der Waals surface area contributed by atoms with Crippen LogP contribution in [0, 0.1) is 23.2 Å². The van der Waals surface area contributed by atoms with E-state index in [0.717, 1.165) is 36.6 Å².